The first-order chi connectivity index (χ1) is 7.13. The van der Waals surface area contributed by atoms with Crippen LogP contribution in [0.25, 0.3) is 0 Å². The van der Waals surface area contributed by atoms with Gasteiger partial charge in [-0.05, 0) is 50.6 Å². The summed E-state index contributed by atoms with van der Waals surface area (Å²) in [4.78, 5) is 0. The summed E-state index contributed by atoms with van der Waals surface area (Å²) >= 11 is 0. The van der Waals surface area contributed by atoms with E-state index in [4.69, 9.17) is 0 Å². The van der Waals surface area contributed by atoms with Gasteiger partial charge in [-0.1, -0.05) is 32.4 Å². The smallest absolute Gasteiger partial charge is 0.0141 e. The van der Waals surface area contributed by atoms with Crippen LogP contribution in [0.5, 0.6) is 0 Å². The lowest BCUT2D eigenvalue weighted by molar-refractivity contribution is 0.423. The fraction of sp³-hybridized carbons (Fsp3) is 0.714. The van der Waals surface area contributed by atoms with E-state index in [1.807, 2.05) is 13.1 Å². The van der Waals surface area contributed by atoms with Crippen molar-refractivity contribution in [2.75, 3.05) is 0 Å². The SMILES string of the molecule is C/C=C\NC1=C(CC(C)CC(C)C)CC1. The number of allylic oxidation sites excluding steroid dienone is 3. The lowest BCUT2D eigenvalue weighted by atomic mass is 9.84. The first-order valence-electron chi connectivity index (χ1n) is 6.22. The molecule has 0 amide bonds. The highest BCUT2D eigenvalue weighted by Crippen LogP contribution is 2.32. The average Bonchev–Trinajstić information content (AvgIpc) is 2.12. The standard InChI is InChI=1S/C14H25N/c1-5-8-15-14-7-6-13(14)10-12(4)9-11(2)3/h5,8,11-12,15H,6-7,9-10H2,1-4H3/b8-5-. The fourth-order valence-electron chi connectivity index (χ4n) is 2.32. The monoisotopic (exact) mass is 207 g/mol. The largest absolute Gasteiger partial charge is 0.365 e. The first kappa shape index (κ1) is 12.4. The van der Waals surface area contributed by atoms with Gasteiger partial charge in [0.1, 0.15) is 0 Å². The van der Waals surface area contributed by atoms with Gasteiger partial charge in [-0.25, -0.2) is 0 Å². The van der Waals surface area contributed by atoms with Crippen LogP contribution in [0.15, 0.2) is 23.5 Å². The highest BCUT2D eigenvalue weighted by molar-refractivity contribution is 5.24. The van der Waals surface area contributed by atoms with Crippen molar-refractivity contribution in [3.8, 4) is 0 Å². The van der Waals surface area contributed by atoms with Gasteiger partial charge < -0.3 is 5.32 Å². The second-order valence-electron chi connectivity index (χ2n) is 5.17. The molecule has 0 heterocycles. The zero-order valence-corrected chi connectivity index (χ0v) is 10.6. The maximum Gasteiger partial charge on any atom is 0.0141 e. The van der Waals surface area contributed by atoms with Crippen molar-refractivity contribution in [1.29, 1.82) is 0 Å². The van der Waals surface area contributed by atoms with Crippen LogP contribution in [0.4, 0.5) is 0 Å². The van der Waals surface area contributed by atoms with Crippen LogP contribution >= 0.6 is 0 Å². The molecule has 0 aliphatic heterocycles. The van der Waals surface area contributed by atoms with E-state index < -0.39 is 0 Å². The summed E-state index contributed by atoms with van der Waals surface area (Å²) in [5.74, 6) is 1.66. The van der Waals surface area contributed by atoms with Crippen LogP contribution in [-0.2, 0) is 0 Å². The molecule has 1 unspecified atom stereocenters. The number of rotatable bonds is 6. The first-order valence-corrected chi connectivity index (χ1v) is 6.22. The molecule has 86 valence electrons. The quantitative estimate of drug-likeness (QED) is 0.687. The predicted molar refractivity (Wildman–Crippen MR) is 67.4 cm³/mol. The Morgan fingerprint density at radius 1 is 1.27 bits per heavy atom. The van der Waals surface area contributed by atoms with Gasteiger partial charge in [0.05, 0.1) is 0 Å². The molecule has 0 saturated carbocycles. The summed E-state index contributed by atoms with van der Waals surface area (Å²) in [7, 11) is 0. The molecule has 1 N–H and O–H groups in total. The van der Waals surface area contributed by atoms with E-state index in [2.05, 4.69) is 32.2 Å². The van der Waals surface area contributed by atoms with Crippen LogP contribution in [0.3, 0.4) is 0 Å². The molecule has 1 rings (SSSR count). The van der Waals surface area contributed by atoms with Crippen LogP contribution < -0.4 is 5.32 Å². The maximum atomic E-state index is 3.38. The average molecular weight is 207 g/mol. The van der Waals surface area contributed by atoms with Crippen LogP contribution in [0, 0.1) is 11.8 Å². The molecule has 0 saturated heterocycles. The Labute approximate surface area is 94.6 Å². The Morgan fingerprint density at radius 3 is 2.47 bits per heavy atom. The zero-order valence-electron chi connectivity index (χ0n) is 10.6. The van der Waals surface area contributed by atoms with E-state index in [1.165, 1.54) is 31.4 Å². The molecule has 0 aromatic heterocycles. The van der Waals surface area contributed by atoms with Gasteiger partial charge >= 0.3 is 0 Å². The lowest BCUT2D eigenvalue weighted by Gasteiger charge is -2.26. The molecule has 15 heavy (non-hydrogen) atoms. The summed E-state index contributed by atoms with van der Waals surface area (Å²) in [6.07, 6.45) is 9.29. The van der Waals surface area contributed by atoms with E-state index in [0.29, 0.717) is 0 Å². The van der Waals surface area contributed by atoms with Gasteiger partial charge in [-0.3, -0.25) is 0 Å². The second kappa shape index (κ2) is 5.99. The molecule has 1 heteroatoms. The molecule has 0 aromatic carbocycles. The minimum absolute atomic E-state index is 0.827. The summed E-state index contributed by atoms with van der Waals surface area (Å²) in [6.45, 7) is 9.04. The van der Waals surface area contributed by atoms with E-state index in [1.54, 1.807) is 5.57 Å². The molecule has 0 fully saturated rings. The van der Waals surface area contributed by atoms with E-state index in [0.717, 1.165) is 11.8 Å². The molecule has 1 atom stereocenters. The topological polar surface area (TPSA) is 12.0 Å². The van der Waals surface area contributed by atoms with Crippen molar-refractivity contribution in [1.82, 2.24) is 5.32 Å². The van der Waals surface area contributed by atoms with Crippen molar-refractivity contribution in [3.05, 3.63) is 23.5 Å². The molecule has 0 aromatic rings. The second-order valence-corrected chi connectivity index (χ2v) is 5.17. The van der Waals surface area contributed by atoms with Crippen LogP contribution in [0.2, 0.25) is 0 Å². The molecule has 1 aliphatic carbocycles. The Bertz CT molecular complexity index is 248. The van der Waals surface area contributed by atoms with E-state index in [-0.39, 0.29) is 0 Å². The highest BCUT2D eigenvalue weighted by atomic mass is 14.9. The summed E-state index contributed by atoms with van der Waals surface area (Å²) in [6, 6.07) is 0. The van der Waals surface area contributed by atoms with Crippen molar-refractivity contribution < 1.29 is 0 Å². The number of hydrogen-bond donors (Lipinski definition) is 1. The van der Waals surface area contributed by atoms with E-state index in [9.17, 15) is 0 Å². The molecule has 0 spiro atoms. The molecule has 0 radical (unpaired) electrons. The van der Waals surface area contributed by atoms with Gasteiger partial charge in [0.15, 0.2) is 0 Å². The van der Waals surface area contributed by atoms with Crippen LogP contribution in [0.1, 0.15) is 53.4 Å². The Hall–Kier alpha value is -0.720. The van der Waals surface area contributed by atoms with Gasteiger partial charge in [0.25, 0.3) is 0 Å². The molecule has 1 nitrogen and oxygen atoms in total. The normalized spacial score (nSPS) is 18.5. The number of hydrogen-bond acceptors (Lipinski definition) is 1. The van der Waals surface area contributed by atoms with Gasteiger partial charge in [0, 0.05) is 5.70 Å². The van der Waals surface area contributed by atoms with Crippen molar-refractivity contribution >= 4 is 0 Å². The van der Waals surface area contributed by atoms with Gasteiger partial charge in [-0.2, -0.15) is 0 Å². The third kappa shape index (κ3) is 4.11. The Morgan fingerprint density at radius 2 is 2.00 bits per heavy atom. The summed E-state index contributed by atoms with van der Waals surface area (Å²) in [5.41, 5.74) is 3.13. The molecular weight excluding hydrogens is 182 g/mol. The summed E-state index contributed by atoms with van der Waals surface area (Å²) < 4.78 is 0. The maximum absolute atomic E-state index is 3.38. The predicted octanol–water partition coefficient (Wildman–Crippen LogP) is 4.23. The van der Waals surface area contributed by atoms with Crippen molar-refractivity contribution in [2.24, 2.45) is 11.8 Å². The Kier molecular flexibility index (Phi) is 4.93. The minimum Gasteiger partial charge on any atom is -0.365 e. The van der Waals surface area contributed by atoms with Gasteiger partial charge in [0.2, 0.25) is 0 Å². The highest BCUT2D eigenvalue weighted by Gasteiger charge is 2.18. The Balaban J connectivity index is 2.37. The fourth-order valence-corrected chi connectivity index (χ4v) is 2.32. The zero-order chi connectivity index (χ0) is 11.3. The van der Waals surface area contributed by atoms with Gasteiger partial charge in [-0.15, -0.1) is 0 Å². The molecule has 0 bridgehead atoms. The minimum atomic E-state index is 0.827. The molecule has 1 aliphatic rings. The van der Waals surface area contributed by atoms with E-state index >= 15 is 0 Å². The van der Waals surface area contributed by atoms with Crippen molar-refractivity contribution in [3.63, 3.8) is 0 Å². The third-order valence-corrected chi connectivity index (χ3v) is 3.00. The van der Waals surface area contributed by atoms with Crippen molar-refractivity contribution in [2.45, 2.75) is 53.4 Å². The molecular formula is C14H25N. The third-order valence-electron chi connectivity index (χ3n) is 3.00. The number of nitrogens with one attached hydrogen (secondary N) is 1. The lowest BCUT2D eigenvalue weighted by Crippen LogP contribution is -2.18. The van der Waals surface area contributed by atoms with Crippen LogP contribution in [-0.4, -0.2) is 0 Å². The summed E-state index contributed by atoms with van der Waals surface area (Å²) in [5, 5.41) is 3.38.